The van der Waals surface area contributed by atoms with Gasteiger partial charge in [-0.05, 0) is 31.1 Å². The molecule has 3 amide bonds. The number of rotatable bonds is 6. The van der Waals surface area contributed by atoms with Crippen LogP contribution in [-0.4, -0.2) is 73.3 Å². The molecule has 4 unspecified atom stereocenters. The van der Waals surface area contributed by atoms with Crippen LogP contribution in [0.15, 0.2) is 17.1 Å². The Bertz CT molecular complexity index is 726. The van der Waals surface area contributed by atoms with E-state index in [2.05, 4.69) is 27.8 Å². The third-order valence-corrected chi connectivity index (χ3v) is 7.01. The maximum absolute atomic E-state index is 12.8. The van der Waals surface area contributed by atoms with Gasteiger partial charge in [-0.1, -0.05) is 31.4 Å². The quantitative estimate of drug-likeness (QED) is 0.289. The lowest BCUT2D eigenvalue weighted by Crippen LogP contribution is -2.47. The van der Waals surface area contributed by atoms with Gasteiger partial charge < -0.3 is 15.5 Å². The number of allylic oxidation sites excluding steroid dienone is 2. The molecule has 1 saturated heterocycles. The first-order valence-corrected chi connectivity index (χ1v) is 11.2. The molecule has 1 aliphatic heterocycles. The van der Waals surface area contributed by atoms with Gasteiger partial charge in [0.1, 0.15) is 6.54 Å². The molecule has 8 heteroatoms. The maximum Gasteiger partial charge on any atom is 0.243 e. The van der Waals surface area contributed by atoms with E-state index in [9.17, 15) is 14.4 Å². The van der Waals surface area contributed by atoms with Crippen LogP contribution in [0.3, 0.4) is 0 Å². The number of carbonyl (C=O) groups excluding carboxylic acids is 3. The highest BCUT2D eigenvalue weighted by Gasteiger charge is 2.58. The number of guanidine groups is 1. The Labute approximate surface area is 178 Å². The Hall–Kier alpha value is -2.38. The normalized spacial score (nSPS) is 30.7. The Morgan fingerprint density at radius 2 is 1.73 bits per heavy atom. The molecule has 4 aliphatic rings. The highest BCUT2D eigenvalue weighted by Crippen LogP contribution is 2.52. The molecule has 0 radical (unpaired) electrons. The third-order valence-electron chi connectivity index (χ3n) is 7.01. The largest absolute Gasteiger partial charge is 0.355 e. The van der Waals surface area contributed by atoms with Crippen LogP contribution >= 0.6 is 0 Å². The van der Waals surface area contributed by atoms with Crippen molar-refractivity contribution in [2.75, 3.05) is 33.7 Å². The molecule has 2 saturated carbocycles. The standard InChI is InChI=1S/C22H33N5O3/c1-26(2)17(28)13-24-22(25-16-6-4-3-5-7-16)23-10-11-27-20(29)18-14-8-9-15(12-14)19(18)21(27)30/h8-9,14-16,18-19H,3-7,10-13H2,1-2H3,(H2,23,24,25). The highest BCUT2D eigenvalue weighted by molar-refractivity contribution is 6.06. The molecule has 1 heterocycles. The van der Waals surface area contributed by atoms with E-state index < -0.39 is 0 Å². The number of likely N-dealkylation sites (tertiary alicyclic amines) is 1. The SMILES string of the molecule is CN(C)C(=O)CN=C(NCCN1C(=O)C2C3C=CC(C3)C2C1=O)NC1CCCCC1. The van der Waals surface area contributed by atoms with E-state index >= 15 is 0 Å². The van der Waals surface area contributed by atoms with Gasteiger partial charge in [-0.15, -0.1) is 0 Å². The van der Waals surface area contributed by atoms with Gasteiger partial charge in [0.25, 0.3) is 0 Å². The molecule has 3 fully saturated rings. The third kappa shape index (κ3) is 4.09. The Kier molecular flexibility index (Phi) is 6.11. The number of fused-ring (bicyclic) bond motifs is 5. The molecule has 8 nitrogen and oxygen atoms in total. The van der Waals surface area contributed by atoms with E-state index in [-0.39, 0.29) is 47.9 Å². The zero-order valence-corrected chi connectivity index (χ0v) is 18.0. The molecule has 164 valence electrons. The number of nitrogens with zero attached hydrogens (tertiary/aromatic N) is 3. The number of likely N-dealkylation sites (N-methyl/N-ethyl adjacent to an activating group) is 1. The molecular formula is C22H33N5O3. The number of carbonyl (C=O) groups is 3. The van der Waals surface area contributed by atoms with Gasteiger partial charge in [0.2, 0.25) is 17.7 Å². The van der Waals surface area contributed by atoms with Crippen LogP contribution < -0.4 is 10.6 Å². The average Bonchev–Trinajstić information content (AvgIpc) is 3.42. The van der Waals surface area contributed by atoms with Crippen molar-refractivity contribution in [3.63, 3.8) is 0 Å². The fraction of sp³-hybridized carbons (Fsp3) is 0.727. The molecule has 0 spiro atoms. The van der Waals surface area contributed by atoms with Crippen LogP contribution in [0.4, 0.5) is 0 Å². The van der Waals surface area contributed by atoms with E-state index in [1.807, 2.05) is 0 Å². The summed E-state index contributed by atoms with van der Waals surface area (Å²) < 4.78 is 0. The molecule has 0 aromatic heterocycles. The molecule has 3 aliphatic carbocycles. The lowest BCUT2D eigenvalue weighted by molar-refractivity contribution is -0.140. The van der Waals surface area contributed by atoms with Gasteiger partial charge in [0.15, 0.2) is 5.96 Å². The molecular weight excluding hydrogens is 382 g/mol. The van der Waals surface area contributed by atoms with Gasteiger partial charge in [-0.3, -0.25) is 19.3 Å². The fourth-order valence-corrected chi connectivity index (χ4v) is 5.35. The summed E-state index contributed by atoms with van der Waals surface area (Å²) in [5.41, 5.74) is 0. The minimum atomic E-state index is -0.154. The fourth-order valence-electron chi connectivity index (χ4n) is 5.35. The van der Waals surface area contributed by atoms with Crippen LogP contribution in [0, 0.1) is 23.7 Å². The monoisotopic (exact) mass is 415 g/mol. The zero-order valence-electron chi connectivity index (χ0n) is 18.0. The summed E-state index contributed by atoms with van der Waals surface area (Å²) in [5.74, 6) is 0.624. The Morgan fingerprint density at radius 1 is 1.10 bits per heavy atom. The summed E-state index contributed by atoms with van der Waals surface area (Å²) in [7, 11) is 3.42. The van der Waals surface area contributed by atoms with Crippen molar-refractivity contribution in [3.8, 4) is 0 Å². The van der Waals surface area contributed by atoms with Crippen LogP contribution in [0.2, 0.25) is 0 Å². The van der Waals surface area contributed by atoms with Gasteiger partial charge in [0.05, 0.1) is 11.8 Å². The molecule has 2 bridgehead atoms. The van der Waals surface area contributed by atoms with Crippen molar-refractivity contribution in [1.29, 1.82) is 0 Å². The first-order chi connectivity index (χ1) is 14.5. The highest BCUT2D eigenvalue weighted by atomic mass is 16.2. The summed E-state index contributed by atoms with van der Waals surface area (Å²) in [6.07, 6.45) is 11.0. The predicted octanol–water partition coefficient (Wildman–Crippen LogP) is 0.750. The van der Waals surface area contributed by atoms with E-state index in [1.165, 1.54) is 29.1 Å². The number of imide groups is 1. The predicted molar refractivity (Wildman–Crippen MR) is 113 cm³/mol. The van der Waals surface area contributed by atoms with Gasteiger partial charge >= 0.3 is 0 Å². The van der Waals surface area contributed by atoms with Crippen molar-refractivity contribution < 1.29 is 14.4 Å². The molecule has 0 aromatic carbocycles. The zero-order chi connectivity index (χ0) is 21.3. The van der Waals surface area contributed by atoms with Gasteiger partial charge in [-0.2, -0.15) is 0 Å². The first-order valence-electron chi connectivity index (χ1n) is 11.2. The average molecular weight is 416 g/mol. The second-order valence-corrected chi connectivity index (χ2v) is 9.19. The first kappa shape index (κ1) is 20.9. The summed E-state index contributed by atoms with van der Waals surface area (Å²) in [6, 6.07) is 0.343. The lowest BCUT2D eigenvalue weighted by Gasteiger charge is -2.25. The molecule has 0 aromatic rings. The van der Waals surface area contributed by atoms with Crippen LogP contribution in [-0.2, 0) is 14.4 Å². The molecule has 30 heavy (non-hydrogen) atoms. The van der Waals surface area contributed by atoms with E-state index in [1.54, 1.807) is 14.1 Å². The number of hydrogen-bond acceptors (Lipinski definition) is 4. The Balaban J connectivity index is 1.34. The van der Waals surface area contributed by atoms with Crippen molar-refractivity contribution >= 4 is 23.7 Å². The Morgan fingerprint density at radius 3 is 2.33 bits per heavy atom. The van der Waals surface area contributed by atoms with E-state index in [4.69, 9.17) is 0 Å². The second-order valence-electron chi connectivity index (χ2n) is 9.19. The van der Waals surface area contributed by atoms with Crippen molar-refractivity contribution in [3.05, 3.63) is 12.2 Å². The summed E-state index contributed by atoms with van der Waals surface area (Å²) in [5, 5.41) is 6.67. The van der Waals surface area contributed by atoms with Gasteiger partial charge in [0, 0.05) is 33.2 Å². The van der Waals surface area contributed by atoms with Gasteiger partial charge in [-0.25, -0.2) is 4.99 Å². The minimum absolute atomic E-state index is 0.0230. The smallest absolute Gasteiger partial charge is 0.243 e. The van der Waals surface area contributed by atoms with E-state index in [0.29, 0.717) is 25.1 Å². The maximum atomic E-state index is 12.8. The van der Waals surface area contributed by atoms with Crippen LogP contribution in [0.5, 0.6) is 0 Å². The van der Waals surface area contributed by atoms with Crippen LogP contribution in [0.1, 0.15) is 38.5 Å². The molecule has 4 atom stereocenters. The number of nitrogens with one attached hydrogen (secondary N) is 2. The second kappa shape index (κ2) is 8.78. The van der Waals surface area contributed by atoms with Crippen LogP contribution in [0.25, 0.3) is 0 Å². The summed E-state index contributed by atoms with van der Waals surface area (Å²) in [6.45, 7) is 0.821. The molecule has 2 N–H and O–H groups in total. The van der Waals surface area contributed by atoms with E-state index in [0.717, 1.165) is 19.3 Å². The topological polar surface area (TPSA) is 94.1 Å². The summed E-state index contributed by atoms with van der Waals surface area (Å²) in [4.78, 5) is 45.0. The molecule has 4 rings (SSSR count). The summed E-state index contributed by atoms with van der Waals surface area (Å²) >= 11 is 0. The van der Waals surface area contributed by atoms with Crippen molar-refractivity contribution in [1.82, 2.24) is 20.4 Å². The van der Waals surface area contributed by atoms with Crippen molar-refractivity contribution in [2.45, 2.75) is 44.6 Å². The number of aliphatic imine (C=N–C) groups is 1. The lowest BCUT2D eigenvalue weighted by atomic mass is 9.85. The number of hydrogen-bond donors (Lipinski definition) is 2. The van der Waals surface area contributed by atoms with Crippen molar-refractivity contribution in [2.24, 2.45) is 28.7 Å². The minimum Gasteiger partial charge on any atom is -0.355 e. The number of amides is 3.